The summed E-state index contributed by atoms with van der Waals surface area (Å²) >= 11 is 0. The van der Waals surface area contributed by atoms with E-state index in [9.17, 15) is 4.79 Å². The molecule has 0 aliphatic carbocycles. The molecule has 0 aromatic carbocycles. The summed E-state index contributed by atoms with van der Waals surface area (Å²) in [4.78, 5) is 18.2. The Labute approximate surface area is 133 Å². The van der Waals surface area contributed by atoms with E-state index >= 15 is 0 Å². The highest BCUT2D eigenvalue weighted by Crippen LogP contribution is 2.17. The minimum absolute atomic E-state index is 0.325. The number of rotatable bonds is 5. The van der Waals surface area contributed by atoms with Gasteiger partial charge in [-0.15, -0.1) is 0 Å². The first-order valence-corrected chi connectivity index (χ1v) is 8.04. The van der Waals surface area contributed by atoms with Gasteiger partial charge in [-0.05, 0) is 64.3 Å². The number of pyridine rings is 1. The normalized spacial score (nSPS) is 19.1. The largest absolute Gasteiger partial charge is 0.444 e. The van der Waals surface area contributed by atoms with Gasteiger partial charge in [0.15, 0.2) is 0 Å². The summed E-state index contributed by atoms with van der Waals surface area (Å²) in [5.41, 5.74) is 0.863. The molecule has 5 heteroatoms. The Bertz CT molecular complexity index is 471. The molecule has 0 saturated carbocycles. The van der Waals surface area contributed by atoms with Crippen LogP contribution in [0, 0.1) is 0 Å². The van der Waals surface area contributed by atoms with Gasteiger partial charge in [-0.2, -0.15) is 0 Å². The standard InChI is InChI=1S/C17H27N3O2/c1-17(2,3)22-16(21)19-13-15-5-4-11-20(15)12-8-14-6-9-18-10-7-14/h6-7,9-10,15H,4-5,8,11-13H2,1-3H3,(H,19,21). The SMILES string of the molecule is CC(C)(C)OC(=O)NCC1CCCN1CCc1ccncc1. The molecule has 1 amide bonds. The first-order chi connectivity index (χ1) is 10.4. The van der Waals surface area contributed by atoms with Crippen LogP contribution in [0.1, 0.15) is 39.2 Å². The molecule has 1 unspecified atom stereocenters. The molecule has 2 rings (SSSR count). The van der Waals surface area contributed by atoms with Crippen LogP contribution >= 0.6 is 0 Å². The lowest BCUT2D eigenvalue weighted by atomic mass is 10.1. The van der Waals surface area contributed by atoms with E-state index in [-0.39, 0.29) is 6.09 Å². The predicted octanol–water partition coefficient (Wildman–Crippen LogP) is 2.61. The van der Waals surface area contributed by atoms with Crippen LogP contribution in [0.5, 0.6) is 0 Å². The number of carbonyl (C=O) groups is 1. The maximum Gasteiger partial charge on any atom is 0.407 e. The third kappa shape index (κ3) is 5.64. The van der Waals surface area contributed by atoms with Crippen LogP contribution in [0.15, 0.2) is 24.5 Å². The Kier molecular flexibility index (Phi) is 5.77. The van der Waals surface area contributed by atoms with E-state index in [0.717, 1.165) is 25.9 Å². The quantitative estimate of drug-likeness (QED) is 0.908. The van der Waals surface area contributed by atoms with Crippen molar-refractivity contribution >= 4 is 6.09 Å². The van der Waals surface area contributed by atoms with Crippen LogP contribution in [0.2, 0.25) is 0 Å². The van der Waals surface area contributed by atoms with Crippen molar-refractivity contribution in [3.05, 3.63) is 30.1 Å². The van der Waals surface area contributed by atoms with Crippen molar-refractivity contribution in [3.8, 4) is 0 Å². The molecule has 5 nitrogen and oxygen atoms in total. The van der Waals surface area contributed by atoms with Crippen LogP contribution < -0.4 is 5.32 Å². The van der Waals surface area contributed by atoms with Gasteiger partial charge in [0.05, 0.1) is 0 Å². The van der Waals surface area contributed by atoms with Crippen molar-refractivity contribution in [3.63, 3.8) is 0 Å². The van der Waals surface area contributed by atoms with Crippen LogP contribution in [-0.4, -0.2) is 47.3 Å². The molecule has 0 spiro atoms. The first kappa shape index (κ1) is 16.7. The summed E-state index contributed by atoms with van der Waals surface area (Å²) in [7, 11) is 0. The minimum Gasteiger partial charge on any atom is -0.444 e. The Morgan fingerprint density at radius 1 is 1.41 bits per heavy atom. The highest BCUT2D eigenvalue weighted by molar-refractivity contribution is 5.67. The number of alkyl carbamates (subject to hydrolysis) is 1. The zero-order valence-electron chi connectivity index (χ0n) is 13.8. The zero-order chi connectivity index (χ0) is 16.0. The average molecular weight is 305 g/mol. The highest BCUT2D eigenvalue weighted by Gasteiger charge is 2.25. The maximum atomic E-state index is 11.7. The van der Waals surface area contributed by atoms with E-state index in [1.54, 1.807) is 0 Å². The van der Waals surface area contributed by atoms with Crippen LogP contribution in [0.3, 0.4) is 0 Å². The second-order valence-electron chi connectivity index (χ2n) is 6.82. The van der Waals surface area contributed by atoms with Gasteiger partial charge in [0.2, 0.25) is 0 Å². The molecule has 1 atom stereocenters. The second-order valence-corrected chi connectivity index (χ2v) is 6.82. The molecule has 1 N–H and O–H groups in total. The van der Waals surface area contributed by atoms with Gasteiger partial charge in [0.1, 0.15) is 5.60 Å². The number of ether oxygens (including phenoxy) is 1. The Balaban J connectivity index is 1.75. The fourth-order valence-electron chi connectivity index (χ4n) is 2.76. The summed E-state index contributed by atoms with van der Waals surface area (Å²) in [6, 6.07) is 4.53. The van der Waals surface area contributed by atoms with Gasteiger partial charge in [-0.25, -0.2) is 4.79 Å². The van der Waals surface area contributed by atoms with E-state index in [4.69, 9.17) is 4.74 Å². The van der Waals surface area contributed by atoms with Gasteiger partial charge in [-0.1, -0.05) is 0 Å². The van der Waals surface area contributed by atoms with Crippen molar-refractivity contribution in [2.24, 2.45) is 0 Å². The van der Waals surface area contributed by atoms with E-state index in [2.05, 4.69) is 27.3 Å². The van der Waals surface area contributed by atoms with Crippen LogP contribution in [0.4, 0.5) is 4.79 Å². The summed E-state index contributed by atoms with van der Waals surface area (Å²) in [6.07, 6.45) is 6.68. The summed E-state index contributed by atoms with van der Waals surface area (Å²) in [5, 5.41) is 2.90. The number of nitrogens with one attached hydrogen (secondary N) is 1. The van der Waals surface area contributed by atoms with Gasteiger partial charge in [0, 0.05) is 31.5 Å². The lowest BCUT2D eigenvalue weighted by Gasteiger charge is -2.26. The van der Waals surface area contributed by atoms with Crippen LogP contribution in [-0.2, 0) is 11.2 Å². The topological polar surface area (TPSA) is 54.5 Å². The van der Waals surface area contributed by atoms with Crippen molar-refractivity contribution in [2.45, 2.75) is 51.7 Å². The molecular formula is C17H27N3O2. The number of likely N-dealkylation sites (tertiary alicyclic amines) is 1. The van der Waals surface area contributed by atoms with Crippen LogP contribution in [0.25, 0.3) is 0 Å². The third-order valence-corrected chi connectivity index (χ3v) is 3.82. The Hall–Kier alpha value is -1.62. The molecule has 22 heavy (non-hydrogen) atoms. The monoisotopic (exact) mass is 305 g/mol. The average Bonchev–Trinajstić information content (AvgIpc) is 2.90. The number of hydrogen-bond acceptors (Lipinski definition) is 4. The summed E-state index contributed by atoms with van der Waals surface area (Å²) < 4.78 is 5.29. The van der Waals surface area contributed by atoms with Crippen molar-refractivity contribution < 1.29 is 9.53 Å². The van der Waals surface area contributed by atoms with E-state index in [1.807, 2.05) is 33.2 Å². The van der Waals surface area contributed by atoms with Gasteiger partial charge >= 0.3 is 6.09 Å². The molecule has 1 aliphatic rings. The smallest absolute Gasteiger partial charge is 0.407 e. The van der Waals surface area contributed by atoms with Gasteiger partial charge < -0.3 is 10.1 Å². The van der Waals surface area contributed by atoms with Gasteiger partial charge in [-0.3, -0.25) is 9.88 Å². The van der Waals surface area contributed by atoms with E-state index in [0.29, 0.717) is 12.6 Å². The molecule has 0 bridgehead atoms. The maximum absolute atomic E-state index is 11.7. The number of aromatic nitrogens is 1. The minimum atomic E-state index is -0.444. The van der Waals surface area contributed by atoms with Crippen molar-refractivity contribution in [1.82, 2.24) is 15.2 Å². The number of amides is 1. The summed E-state index contributed by atoms with van der Waals surface area (Å²) in [6.45, 7) is 8.41. The predicted molar refractivity (Wildman–Crippen MR) is 86.8 cm³/mol. The first-order valence-electron chi connectivity index (χ1n) is 8.04. The fourth-order valence-corrected chi connectivity index (χ4v) is 2.76. The second kappa shape index (κ2) is 7.58. The van der Waals surface area contributed by atoms with E-state index in [1.165, 1.54) is 12.0 Å². The molecule has 1 aromatic rings. The molecule has 2 heterocycles. The molecular weight excluding hydrogens is 278 g/mol. The van der Waals surface area contributed by atoms with Crippen molar-refractivity contribution in [2.75, 3.05) is 19.6 Å². The Morgan fingerprint density at radius 3 is 2.82 bits per heavy atom. The number of hydrogen-bond donors (Lipinski definition) is 1. The fraction of sp³-hybridized carbons (Fsp3) is 0.647. The van der Waals surface area contributed by atoms with E-state index < -0.39 is 5.60 Å². The molecule has 122 valence electrons. The third-order valence-electron chi connectivity index (χ3n) is 3.82. The zero-order valence-corrected chi connectivity index (χ0v) is 13.8. The molecule has 1 saturated heterocycles. The molecule has 1 aliphatic heterocycles. The Morgan fingerprint density at radius 2 is 2.14 bits per heavy atom. The number of nitrogens with zero attached hydrogens (tertiary/aromatic N) is 2. The highest BCUT2D eigenvalue weighted by atomic mass is 16.6. The lowest BCUT2D eigenvalue weighted by Crippen LogP contribution is -2.42. The lowest BCUT2D eigenvalue weighted by molar-refractivity contribution is 0.0513. The molecule has 1 fully saturated rings. The van der Waals surface area contributed by atoms with Gasteiger partial charge in [0.25, 0.3) is 0 Å². The summed E-state index contributed by atoms with van der Waals surface area (Å²) in [5.74, 6) is 0. The molecule has 0 radical (unpaired) electrons. The molecule has 1 aromatic heterocycles. The number of carbonyl (C=O) groups excluding carboxylic acids is 1. The van der Waals surface area contributed by atoms with Crippen molar-refractivity contribution in [1.29, 1.82) is 0 Å².